The van der Waals surface area contributed by atoms with Gasteiger partial charge >= 0.3 is 12.0 Å². The van der Waals surface area contributed by atoms with E-state index in [1.54, 1.807) is 6.20 Å². The molecule has 2 aliphatic carbocycles. The molecule has 0 unspecified atom stereocenters. The Morgan fingerprint density at radius 2 is 1.85 bits per heavy atom. The van der Waals surface area contributed by atoms with Crippen LogP contribution in [0, 0.1) is 0 Å². The normalized spacial score (nSPS) is 19.0. The molecule has 7 nitrogen and oxygen atoms in total. The van der Waals surface area contributed by atoms with Crippen LogP contribution < -0.4 is 5.32 Å². The molecule has 3 rings (SSSR count). The van der Waals surface area contributed by atoms with Crippen LogP contribution in [0.1, 0.15) is 57.8 Å². The molecule has 1 aromatic rings. The number of carboxylic acids is 1. The number of rotatable bonds is 6. The lowest BCUT2D eigenvalue weighted by Gasteiger charge is -2.41. The monoisotopic (exact) mass is 411 g/mol. The van der Waals surface area contributed by atoms with E-state index >= 15 is 0 Å². The first kappa shape index (κ1) is 20.1. The Morgan fingerprint density at radius 3 is 2.52 bits per heavy atom. The molecule has 2 amide bonds. The van der Waals surface area contributed by atoms with E-state index in [1.807, 2.05) is 4.90 Å². The predicted octanol–water partition coefficient (Wildman–Crippen LogP) is 4.00. The highest BCUT2D eigenvalue weighted by molar-refractivity contribution is 8.01. The molecule has 0 spiro atoms. The van der Waals surface area contributed by atoms with Gasteiger partial charge in [0.05, 0.1) is 16.2 Å². The lowest BCUT2D eigenvalue weighted by Crippen LogP contribution is -2.51. The van der Waals surface area contributed by atoms with Gasteiger partial charge in [-0.3, -0.25) is 14.9 Å². The predicted molar refractivity (Wildman–Crippen MR) is 105 cm³/mol. The topological polar surface area (TPSA) is 99.6 Å². The number of ketones is 1. The minimum atomic E-state index is -0.880. The highest BCUT2D eigenvalue weighted by Crippen LogP contribution is 2.32. The molecular weight excluding hydrogens is 386 g/mol. The number of anilines is 1. The molecule has 1 heterocycles. The maximum absolute atomic E-state index is 13.1. The minimum Gasteiger partial charge on any atom is -0.481 e. The van der Waals surface area contributed by atoms with Gasteiger partial charge in [0.1, 0.15) is 5.78 Å². The van der Waals surface area contributed by atoms with Crippen molar-refractivity contribution in [2.75, 3.05) is 11.1 Å². The molecule has 1 aromatic heterocycles. The molecule has 0 aliphatic heterocycles. The number of Topliss-reactive ketones (excluding diaryl/α,β-unsaturated/α-hetero) is 1. The molecular formula is C18H25N3O4S2. The van der Waals surface area contributed by atoms with Gasteiger partial charge in [-0.15, -0.1) is 11.8 Å². The van der Waals surface area contributed by atoms with Crippen molar-refractivity contribution in [3.05, 3.63) is 6.20 Å². The molecule has 0 atom stereocenters. The third-order valence-corrected chi connectivity index (χ3v) is 7.24. The number of thioether (sulfide) groups is 1. The van der Waals surface area contributed by atoms with Crippen molar-refractivity contribution >= 4 is 46.0 Å². The number of hydrogen-bond acceptors (Lipinski definition) is 6. The number of carboxylic acid groups (broad SMARTS) is 1. The first-order valence-corrected chi connectivity index (χ1v) is 11.2. The summed E-state index contributed by atoms with van der Waals surface area (Å²) in [5.74, 6) is -0.621. The van der Waals surface area contributed by atoms with Crippen molar-refractivity contribution in [1.82, 2.24) is 9.88 Å². The van der Waals surface area contributed by atoms with Gasteiger partial charge in [0.15, 0.2) is 5.13 Å². The van der Waals surface area contributed by atoms with Crippen LogP contribution in [0.2, 0.25) is 0 Å². The standard InChI is InChI=1S/C18H25N3O4S2/c22-14-8-6-13(7-9-14)21(12-4-2-1-3-5-12)18(25)20-17-19-10-16(27-17)26-11-15(23)24/h10,12-13H,1-9,11H2,(H,23,24)(H,19,20,25). The average Bonchev–Trinajstić information content (AvgIpc) is 3.10. The van der Waals surface area contributed by atoms with Crippen molar-refractivity contribution in [2.24, 2.45) is 0 Å². The zero-order chi connectivity index (χ0) is 19.2. The molecule has 27 heavy (non-hydrogen) atoms. The summed E-state index contributed by atoms with van der Waals surface area (Å²) in [5.41, 5.74) is 0. The van der Waals surface area contributed by atoms with Crippen LogP contribution >= 0.6 is 23.1 Å². The Bertz CT molecular complexity index is 678. The number of nitrogens with zero attached hydrogens (tertiary/aromatic N) is 2. The van der Waals surface area contributed by atoms with Gasteiger partial charge < -0.3 is 10.0 Å². The number of hydrogen-bond donors (Lipinski definition) is 2. The molecule has 2 aliphatic rings. The van der Waals surface area contributed by atoms with Crippen LogP contribution in [0.25, 0.3) is 0 Å². The molecule has 148 valence electrons. The van der Waals surface area contributed by atoms with Crippen LogP contribution in [0.5, 0.6) is 0 Å². The van der Waals surface area contributed by atoms with Crippen molar-refractivity contribution in [3.63, 3.8) is 0 Å². The van der Waals surface area contributed by atoms with Gasteiger partial charge in [-0.2, -0.15) is 0 Å². The van der Waals surface area contributed by atoms with Crippen LogP contribution in [0.15, 0.2) is 10.4 Å². The number of aromatic nitrogens is 1. The first-order chi connectivity index (χ1) is 13.0. The Labute approximate surface area is 166 Å². The zero-order valence-electron chi connectivity index (χ0n) is 15.2. The fourth-order valence-electron chi connectivity index (χ4n) is 3.86. The van der Waals surface area contributed by atoms with Gasteiger partial charge in [-0.25, -0.2) is 9.78 Å². The van der Waals surface area contributed by atoms with Crippen molar-refractivity contribution in [3.8, 4) is 0 Å². The smallest absolute Gasteiger partial charge is 0.324 e. The number of nitrogens with one attached hydrogen (secondary N) is 1. The minimum absolute atomic E-state index is 0.0279. The zero-order valence-corrected chi connectivity index (χ0v) is 16.8. The fourth-order valence-corrected chi connectivity index (χ4v) is 5.45. The molecule has 2 N–H and O–H groups in total. The summed E-state index contributed by atoms with van der Waals surface area (Å²) >= 11 is 2.49. The molecule has 2 fully saturated rings. The molecule has 0 bridgehead atoms. The number of aliphatic carboxylic acids is 1. The van der Waals surface area contributed by atoms with E-state index in [-0.39, 0.29) is 29.7 Å². The molecule has 0 aromatic carbocycles. The Balaban J connectivity index is 1.66. The van der Waals surface area contributed by atoms with Crippen LogP contribution in [0.3, 0.4) is 0 Å². The number of urea groups is 1. The Morgan fingerprint density at radius 1 is 1.19 bits per heavy atom. The van der Waals surface area contributed by atoms with Crippen molar-refractivity contribution in [2.45, 2.75) is 74.1 Å². The second-order valence-electron chi connectivity index (χ2n) is 7.07. The van der Waals surface area contributed by atoms with Gasteiger partial charge in [0.25, 0.3) is 0 Å². The summed E-state index contributed by atoms with van der Waals surface area (Å²) in [6.45, 7) is 0. The van der Waals surface area contributed by atoms with Crippen molar-refractivity contribution < 1.29 is 19.5 Å². The fraction of sp³-hybridized carbons (Fsp3) is 0.667. The third-order valence-electron chi connectivity index (χ3n) is 5.15. The maximum Gasteiger partial charge on any atom is 0.324 e. The van der Waals surface area contributed by atoms with Crippen molar-refractivity contribution in [1.29, 1.82) is 0 Å². The van der Waals surface area contributed by atoms with E-state index in [0.717, 1.165) is 42.7 Å². The Hall–Kier alpha value is -1.61. The van der Waals surface area contributed by atoms with Crippen LogP contribution in [-0.2, 0) is 9.59 Å². The Kier molecular flexibility index (Phi) is 7.12. The highest BCUT2D eigenvalue weighted by atomic mass is 32.2. The summed E-state index contributed by atoms with van der Waals surface area (Å²) in [6, 6.07) is 0.176. The van der Waals surface area contributed by atoms with Gasteiger partial charge in [0.2, 0.25) is 0 Å². The summed E-state index contributed by atoms with van der Waals surface area (Å²) in [7, 11) is 0. The summed E-state index contributed by atoms with van der Waals surface area (Å²) in [4.78, 5) is 41.5. The van der Waals surface area contributed by atoms with E-state index in [2.05, 4.69) is 10.3 Å². The summed E-state index contributed by atoms with van der Waals surface area (Å²) in [6.07, 6.45) is 9.67. The molecule has 0 radical (unpaired) electrons. The van der Waals surface area contributed by atoms with E-state index in [9.17, 15) is 14.4 Å². The van der Waals surface area contributed by atoms with E-state index in [4.69, 9.17) is 5.11 Å². The lowest BCUT2D eigenvalue weighted by atomic mass is 9.88. The molecule has 0 saturated heterocycles. The van der Waals surface area contributed by atoms with Crippen LogP contribution in [0.4, 0.5) is 9.93 Å². The van der Waals surface area contributed by atoms with E-state index < -0.39 is 5.97 Å². The summed E-state index contributed by atoms with van der Waals surface area (Å²) < 4.78 is 0.764. The van der Waals surface area contributed by atoms with E-state index in [0.29, 0.717) is 18.0 Å². The number of carbonyl (C=O) groups excluding carboxylic acids is 2. The second kappa shape index (κ2) is 9.54. The number of amides is 2. The maximum atomic E-state index is 13.1. The number of thiazole rings is 1. The van der Waals surface area contributed by atoms with E-state index in [1.165, 1.54) is 29.5 Å². The van der Waals surface area contributed by atoms with Gasteiger partial charge in [0, 0.05) is 24.9 Å². The SMILES string of the molecule is O=C(O)CSc1cnc(NC(=O)N(C2CCCCC2)C2CCC(=O)CC2)s1. The van der Waals surface area contributed by atoms with Gasteiger partial charge in [-0.05, 0) is 25.7 Å². The quantitative estimate of drug-likeness (QED) is 0.687. The average molecular weight is 412 g/mol. The first-order valence-electron chi connectivity index (χ1n) is 9.44. The molecule has 2 saturated carbocycles. The van der Waals surface area contributed by atoms with Crippen LogP contribution in [-0.4, -0.2) is 50.6 Å². The third kappa shape index (κ3) is 5.68. The summed E-state index contributed by atoms with van der Waals surface area (Å²) in [5, 5.41) is 12.2. The highest BCUT2D eigenvalue weighted by Gasteiger charge is 2.34. The largest absolute Gasteiger partial charge is 0.481 e. The molecule has 9 heteroatoms. The van der Waals surface area contributed by atoms with Gasteiger partial charge in [-0.1, -0.05) is 30.6 Å². The lowest BCUT2D eigenvalue weighted by molar-refractivity contribution is -0.133. The number of carbonyl (C=O) groups is 3. The second-order valence-corrected chi connectivity index (χ2v) is 9.37.